The van der Waals surface area contributed by atoms with Crippen molar-refractivity contribution in [1.29, 1.82) is 0 Å². The molecule has 1 aliphatic rings. The summed E-state index contributed by atoms with van der Waals surface area (Å²) >= 11 is 0. The first-order valence-corrected chi connectivity index (χ1v) is 8.83. The summed E-state index contributed by atoms with van der Waals surface area (Å²) in [7, 11) is 0. The van der Waals surface area contributed by atoms with Crippen LogP contribution in [0.25, 0.3) is 5.52 Å². The summed E-state index contributed by atoms with van der Waals surface area (Å²) in [6.45, 7) is 10.7. The van der Waals surface area contributed by atoms with E-state index in [9.17, 15) is 0 Å². The van der Waals surface area contributed by atoms with Crippen LogP contribution < -0.4 is 0 Å². The molecule has 22 heavy (non-hydrogen) atoms. The lowest BCUT2D eigenvalue weighted by molar-refractivity contribution is 0.200. The van der Waals surface area contributed by atoms with Crippen LogP contribution in [0.1, 0.15) is 57.2 Å². The van der Waals surface area contributed by atoms with Gasteiger partial charge in [-0.05, 0) is 56.3 Å². The second-order valence-electron chi connectivity index (χ2n) is 7.22. The van der Waals surface area contributed by atoms with Crippen molar-refractivity contribution in [3.8, 4) is 0 Å². The third kappa shape index (κ3) is 3.35. The monoisotopic (exact) mass is 299 g/mol. The summed E-state index contributed by atoms with van der Waals surface area (Å²) in [6.07, 6.45) is 7.37. The number of nitrogens with zero attached hydrogens (tertiary/aromatic N) is 3. The maximum absolute atomic E-state index is 4.82. The third-order valence-corrected chi connectivity index (χ3v) is 4.79. The molecule has 2 aromatic heterocycles. The second-order valence-corrected chi connectivity index (χ2v) is 7.22. The summed E-state index contributed by atoms with van der Waals surface area (Å²) < 4.78 is 2.05. The minimum Gasteiger partial charge on any atom is -0.303 e. The number of piperidine rings is 1. The fourth-order valence-electron chi connectivity index (χ4n) is 3.74. The Bertz CT molecular complexity index is 608. The van der Waals surface area contributed by atoms with Crippen LogP contribution in [0, 0.1) is 5.92 Å². The largest absolute Gasteiger partial charge is 0.303 e. The van der Waals surface area contributed by atoms with Crippen LogP contribution in [0.3, 0.4) is 0 Å². The summed E-state index contributed by atoms with van der Waals surface area (Å²) in [6, 6.07) is 6.40. The molecule has 3 heterocycles. The van der Waals surface area contributed by atoms with Gasteiger partial charge in [0.1, 0.15) is 0 Å². The van der Waals surface area contributed by atoms with Gasteiger partial charge in [-0.15, -0.1) is 0 Å². The van der Waals surface area contributed by atoms with Crippen LogP contribution in [-0.4, -0.2) is 34.1 Å². The summed E-state index contributed by atoms with van der Waals surface area (Å²) in [5.74, 6) is 1.17. The smallest absolute Gasteiger partial charge is 0.0696 e. The maximum atomic E-state index is 4.82. The fourth-order valence-corrected chi connectivity index (χ4v) is 3.74. The summed E-state index contributed by atoms with van der Waals surface area (Å²) in [5.41, 5.74) is 4.02. The van der Waals surface area contributed by atoms with Gasteiger partial charge >= 0.3 is 0 Å². The van der Waals surface area contributed by atoms with E-state index in [1.54, 1.807) is 0 Å². The van der Waals surface area contributed by atoms with E-state index in [-0.39, 0.29) is 0 Å². The first-order valence-electron chi connectivity index (χ1n) is 8.83. The van der Waals surface area contributed by atoms with Crippen molar-refractivity contribution in [2.24, 2.45) is 5.92 Å². The van der Waals surface area contributed by atoms with Crippen LogP contribution in [0.5, 0.6) is 0 Å². The van der Waals surface area contributed by atoms with Gasteiger partial charge in [0.25, 0.3) is 0 Å². The molecule has 0 aromatic carbocycles. The fraction of sp³-hybridized carbons (Fsp3) is 0.632. The molecular formula is C19H29N3. The number of hydrogen-bond acceptors (Lipinski definition) is 2. The molecular weight excluding hydrogens is 270 g/mol. The van der Waals surface area contributed by atoms with Crippen LogP contribution in [0.2, 0.25) is 0 Å². The molecule has 0 amide bonds. The van der Waals surface area contributed by atoms with Crippen LogP contribution in [0.4, 0.5) is 0 Å². The van der Waals surface area contributed by atoms with E-state index in [4.69, 9.17) is 5.10 Å². The Kier molecular flexibility index (Phi) is 4.82. The van der Waals surface area contributed by atoms with Crippen LogP contribution in [-0.2, 0) is 6.42 Å². The molecule has 0 N–H and O–H groups in total. The molecule has 0 saturated carbocycles. The molecule has 0 spiro atoms. The van der Waals surface area contributed by atoms with E-state index < -0.39 is 0 Å². The lowest BCUT2D eigenvalue weighted by Crippen LogP contribution is -2.34. The van der Waals surface area contributed by atoms with Gasteiger partial charge < -0.3 is 4.90 Å². The molecule has 0 aliphatic carbocycles. The summed E-state index contributed by atoms with van der Waals surface area (Å²) in [5, 5.41) is 4.82. The minimum absolute atomic E-state index is 0.483. The molecule has 1 fully saturated rings. The highest BCUT2D eigenvalue weighted by atomic mass is 15.2. The first-order chi connectivity index (χ1) is 10.6. The lowest BCUT2D eigenvalue weighted by atomic mass is 9.95. The standard InChI is InChI=1S/C19H29N3/c1-15(2)19-17(18-9-5-8-12-22(18)20-19)13-16(3)14-21-10-6-4-7-11-21/h5,8-9,12,15-16H,4,6-7,10-11,13-14H2,1-3H3. The minimum atomic E-state index is 0.483. The zero-order chi connectivity index (χ0) is 15.5. The first kappa shape index (κ1) is 15.5. The van der Waals surface area contributed by atoms with Gasteiger partial charge in [-0.2, -0.15) is 5.10 Å². The predicted octanol–water partition coefficient (Wildman–Crippen LogP) is 4.12. The highest BCUT2D eigenvalue weighted by Gasteiger charge is 2.19. The Hall–Kier alpha value is -1.35. The highest BCUT2D eigenvalue weighted by Crippen LogP contribution is 2.26. The molecule has 1 unspecified atom stereocenters. The van der Waals surface area contributed by atoms with Gasteiger partial charge in [0.15, 0.2) is 0 Å². The molecule has 1 atom stereocenters. The van der Waals surface area contributed by atoms with Crippen molar-refractivity contribution < 1.29 is 0 Å². The molecule has 2 aromatic rings. The average Bonchev–Trinajstić information content (AvgIpc) is 2.87. The number of likely N-dealkylation sites (tertiary alicyclic amines) is 1. The van der Waals surface area contributed by atoms with Crippen molar-refractivity contribution in [2.75, 3.05) is 19.6 Å². The molecule has 3 nitrogen and oxygen atoms in total. The van der Waals surface area contributed by atoms with Gasteiger partial charge in [-0.3, -0.25) is 0 Å². The molecule has 120 valence electrons. The number of aromatic nitrogens is 2. The Morgan fingerprint density at radius 2 is 1.86 bits per heavy atom. The number of pyridine rings is 1. The van der Waals surface area contributed by atoms with Gasteiger partial charge in [-0.25, -0.2) is 4.52 Å². The van der Waals surface area contributed by atoms with Crippen molar-refractivity contribution in [3.63, 3.8) is 0 Å². The van der Waals surface area contributed by atoms with Crippen LogP contribution >= 0.6 is 0 Å². The van der Waals surface area contributed by atoms with Crippen LogP contribution in [0.15, 0.2) is 24.4 Å². The number of fused-ring (bicyclic) bond motifs is 1. The van der Waals surface area contributed by atoms with E-state index in [1.807, 2.05) is 0 Å². The van der Waals surface area contributed by atoms with Gasteiger partial charge in [0.05, 0.1) is 11.2 Å². The van der Waals surface area contributed by atoms with E-state index in [2.05, 4.69) is 54.6 Å². The molecule has 3 heteroatoms. The molecule has 0 radical (unpaired) electrons. The van der Waals surface area contributed by atoms with E-state index >= 15 is 0 Å². The van der Waals surface area contributed by atoms with E-state index in [0.29, 0.717) is 11.8 Å². The normalized spacial score (nSPS) is 18.2. The summed E-state index contributed by atoms with van der Waals surface area (Å²) in [4.78, 5) is 2.65. The van der Waals surface area contributed by atoms with Gasteiger partial charge in [0.2, 0.25) is 0 Å². The third-order valence-electron chi connectivity index (χ3n) is 4.79. The number of rotatable bonds is 5. The van der Waals surface area contributed by atoms with Gasteiger partial charge in [0, 0.05) is 18.3 Å². The van der Waals surface area contributed by atoms with Crippen molar-refractivity contribution in [2.45, 2.75) is 52.4 Å². The predicted molar refractivity (Wildman–Crippen MR) is 92.4 cm³/mol. The molecule has 1 aliphatic heterocycles. The van der Waals surface area contributed by atoms with Crippen molar-refractivity contribution in [3.05, 3.63) is 35.7 Å². The van der Waals surface area contributed by atoms with Crippen molar-refractivity contribution in [1.82, 2.24) is 14.5 Å². The van der Waals surface area contributed by atoms with Crippen molar-refractivity contribution >= 4 is 5.52 Å². The molecule has 1 saturated heterocycles. The second kappa shape index (κ2) is 6.82. The quantitative estimate of drug-likeness (QED) is 0.828. The zero-order valence-electron chi connectivity index (χ0n) is 14.3. The van der Waals surface area contributed by atoms with Gasteiger partial charge in [-0.1, -0.05) is 33.3 Å². The topological polar surface area (TPSA) is 20.5 Å². The lowest BCUT2D eigenvalue weighted by Gasteiger charge is -2.29. The maximum Gasteiger partial charge on any atom is 0.0696 e. The van der Waals surface area contributed by atoms with E-state index in [0.717, 1.165) is 6.42 Å². The Morgan fingerprint density at radius 1 is 1.09 bits per heavy atom. The molecule has 0 bridgehead atoms. The number of hydrogen-bond donors (Lipinski definition) is 0. The Balaban J connectivity index is 1.78. The Labute approximate surface area is 134 Å². The SMILES string of the molecule is CC(Cc1c(C(C)C)nn2ccccc12)CN1CCCCC1. The van der Waals surface area contributed by atoms with E-state index in [1.165, 1.54) is 55.7 Å². The Morgan fingerprint density at radius 3 is 2.59 bits per heavy atom. The highest BCUT2D eigenvalue weighted by molar-refractivity contribution is 5.57. The molecule has 3 rings (SSSR count). The average molecular weight is 299 g/mol. The zero-order valence-corrected chi connectivity index (χ0v) is 14.3.